The zero-order valence-corrected chi connectivity index (χ0v) is 10.0. The van der Waals surface area contributed by atoms with Crippen molar-refractivity contribution in [2.24, 2.45) is 5.92 Å². The quantitative estimate of drug-likeness (QED) is 0.797. The standard InChI is InChI=1S/C9H10N2O3S2/c12-7-1-5(4-15)3-11(7)9-10-2-6(16-9)8(13)14/h2,5,15H,1,3-4H2,(H,13,14). The summed E-state index contributed by atoms with van der Waals surface area (Å²) >= 11 is 5.18. The molecule has 1 unspecified atom stereocenters. The van der Waals surface area contributed by atoms with E-state index in [0.717, 1.165) is 11.3 Å². The number of rotatable bonds is 3. The molecule has 0 spiro atoms. The van der Waals surface area contributed by atoms with Crippen LogP contribution < -0.4 is 4.90 Å². The number of carboxylic acid groups (broad SMARTS) is 1. The van der Waals surface area contributed by atoms with Gasteiger partial charge in [0.1, 0.15) is 4.88 Å². The van der Waals surface area contributed by atoms with E-state index < -0.39 is 5.97 Å². The molecule has 86 valence electrons. The van der Waals surface area contributed by atoms with Gasteiger partial charge in [-0.2, -0.15) is 12.6 Å². The van der Waals surface area contributed by atoms with Crippen molar-refractivity contribution in [3.05, 3.63) is 11.1 Å². The lowest BCUT2D eigenvalue weighted by Gasteiger charge is -2.11. The van der Waals surface area contributed by atoms with Gasteiger partial charge in [-0.3, -0.25) is 9.69 Å². The Morgan fingerprint density at radius 1 is 1.75 bits per heavy atom. The van der Waals surface area contributed by atoms with Crippen molar-refractivity contribution in [1.82, 2.24) is 4.98 Å². The van der Waals surface area contributed by atoms with Crippen LogP contribution in [0.25, 0.3) is 0 Å². The maximum absolute atomic E-state index is 11.6. The van der Waals surface area contributed by atoms with Gasteiger partial charge in [0.15, 0.2) is 5.13 Å². The lowest BCUT2D eigenvalue weighted by Crippen LogP contribution is -2.24. The fourth-order valence-corrected chi connectivity index (χ4v) is 2.60. The predicted octanol–water partition coefficient (Wildman–Crippen LogP) is 1.12. The first-order valence-electron chi connectivity index (χ1n) is 4.72. The van der Waals surface area contributed by atoms with Crippen LogP contribution in [0.2, 0.25) is 0 Å². The minimum Gasteiger partial charge on any atom is -0.477 e. The molecule has 7 heteroatoms. The summed E-state index contributed by atoms with van der Waals surface area (Å²) in [6.07, 6.45) is 1.75. The summed E-state index contributed by atoms with van der Waals surface area (Å²) in [6, 6.07) is 0. The number of thiol groups is 1. The molecule has 1 amide bonds. The number of amides is 1. The number of hydrogen-bond donors (Lipinski definition) is 2. The maximum atomic E-state index is 11.6. The third kappa shape index (κ3) is 2.05. The Bertz CT molecular complexity index is 432. The van der Waals surface area contributed by atoms with Crippen LogP contribution in [0, 0.1) is 5.92 Å². The molecule has 1 aromatic rings. The summed E-state index contributed by atoms with van der Waals surface area (Å²) < 4.78 is 0. The highest BCUT2D eigenvalue weighted by molar-refractivity contribution is 7.80. The van der Waals surface area contributed by atoms with Gasteiger partial charge in [0.05, 0.1) is 6.20 Å². The Morgan fingerprint density at radius 3 is 3.00 bits per heavy atom. The summed E-state index contributed by atoms with van der Waals surface area (Å²) in [5.41, 5.74) is 0. The first-order valence-corrected chi connectivity index (χ1v) is 6.17. The van der Waals surface area contributed by atoms with E-state index in [1.807, 2.05) is 0 Å². The summed E-state index contributed by atoms with van der Waals surface area (Å²) in [4.78, 5) is 28.0. The molecule has 2 heterocycles. The van der Waals surface area contributed by atoms with Crippen molar-refractivity contribution in [2.75, 3.05) is 17.2 Å². The van der Waals surface area contributed by atoms with E-state index in [1.165, 1.54) is 11.1 Å². The number of carbonyl (C=O) groups excluding carboxylic acids is 1. The molecule has 16 heavy (non-hydrogen) atoms. The molecule has 2 rings (SSSR count). The highest BCUT2D eigenvalue weighted by Crippen LogP contribution is 2.29. The molecule has 1 atom stereocenters. The van der Waals surface area contributed by atoms with Crippen molar-refractivity contribution in [2.45, 2.75) is 6.42 Å². The Hall–Kier alpha value is -1.08. The first-order chi connectivity index (χ1) is 7.61. The second kappa shape index (κ2) is 4.42. The summed E-state index contributed by atoms with van der Waals surface area (Å²) in [5.74, 6) is -0.140. The first kappa shape index (κ1) is 11.4. The van der Waals surface area contributed by atoms with E-state index in [-0.39, 0.29) is 16.7 Å². The van der Waals surface area contributed by atoms with Gasteiger partial charge in [0, 0.05) is 13.0 Å². The van der Waals surface area contributed by atoms with Gasteiger partial charge in [-0.05, 0) is 11.7 Å². The highest BCUT2D eigenvalue weighted by Gasteiger charge is 2.31. The number of carbonyl (C=O) groups is 2. The Labute approximate surface area is 102 Å². The summed E-state index contributed by atoms with van der Waals surface area (Å²) in [7, 11) is 0. The topological polar surface area (TPSA) is 70.5 Å². The van der Waals surface area contributed by atoms with Crippen LogP contribution in [0.1, 0.15) is 16.1 Å². The summed E-state index contributed by atoms with van der Waals surface area (Å²) in [6.45, 7) is 0.578. The average Bonchev–Trinajstić information content (AvgIpc) is 2.83. The highest BCUT2D eigenvalue weighted by atomic mass is 32.1. The van der Waals surface area contributed by atoms with Crippen LogP contribution in [0.15, 0.2) is 6.20 Å². The molecule has 1 aliphatic rings. The molecule has 0 aliphatic carbocycles. The van der Waals surface area contributed by atoms with E-state index in [0.29, 0.717) is 23.8 Å². The third-order valence-electron chi connectivity index (χ3n) is 2.40. The molecule has 0 bridgehead atoms. The minimum atomic E-state index is -1.01. The van der Waals surface area contributed by atoms with Crippen LogP contribution in [0.4, 0.5) is 5.13 Å². The van der Waals surface area contributed by atoms with E-state index in [2.05, 4.69) is 17.6 Å². The molecule has 1 aliphatic heterocycles. The molecule has 1 N–H and O–H groups in total. The monoisotopic (exact) mass is 258 g/mol. The smallest absolute Gasteiger partial charge is 0.347 e. The number of aromatic carboxylic acids is 1. The SMILES string of the molecule is O=C(O)c1cnc(N2CC(CS)CC2=O)s1. The fraction of sp³-hybridized carbons (Fsp3) is 0.444. The fourth-order valence-electron chi connectivity index (χ4n) is 1.58. The van der Waals surface area contributed by atoms with Crippen LogP contribution in [0.3, 0.4) is 0 Å². The molecule has 1 aromatic heterocycles. The van der Waals surface area contributed by atoms with Crippen LogP contribution in [0.5, 0.6) is 0 Å². The zero-order valence-electron chi connectivity index (χ0n) is 8.29. The Morgan fingerprint density at radius 2 is 2.50 bits per heavy atom. The van der Waals surface area contributed by atoms with E-state index in [4.69, 9.17) is 5.11 Å². The van der Waals surface area contributed by atoms with Gasteiger partial charge in [-0.15, -0.1) is 0 Å². The lowest BCUT2D eigenvalue weighted by molar-refractivity contribution is -0.117. The normalized spacial score (nSPS) is 20.4. The van der Waals surface area contributed by atoms with Gasteiger partial charge in [0.2, 0.25) is 5.91 Å². The van der Waals surface area contributed by atoms with Crippen LogP contribution in [-0.4, -0.2) is 34.3 Å². The second-order valence-corrected chi connectivity index (χ2v) is 4.94. The number of nitrogens with zero attached hydrogens (tertiary/aromatic N) is 2. The molecule has 1 saturated heterocycles. The van der Waals surface area contributed by atoms with Crippen molar-refractivity contribution in [3.63, 3.8) is 0 Å². The van der Waals surface area contributed by atoms with E-state index in [1.54, 1.807) is 0 Å². The number of thiazole rings is 1. The third-order valence-corrected chi connectivity index (χ3v) is 3.92. The summed E-state index contributed by atoms with van der Waals surface area (Å²) in [5, 5.41) is 9.22. The number of anilines is 1. The van der Waals surface area contributed by atoms with Crippen molar-refractivity contribution in [1.29, 1.82) is 0 Å². The maximum Gasteiger partial charge on any atom is 0.347 e. The Balaban J connectivity index is 2.18. The number of aromatic nitrogens is 1. The van der Waals surface area contributed by atoms with Gasteiger partial charge in [-0.25, -0.2) is 9.78 Å². The average molecular weight is 258 g/mol. The number of carboxylic acids is 1. The van der Waals surface area contributed by atoms with E-state index in [9.17, 15) is 9.59 Å². The molecule has 1 fully saturated rings. The molecule has 0 aromatic carbocycles. The van der Waals surface area contributed by atoms with Crippen LogP contribution >= 0.6 is 24.0 Å². The van der Waals surface area contributed by atoms with Gasteiger partial charge in [-0.1, -0.05) is 11.3 Å². The van der Waals surface area contributed by atoms with Crippen molar-refractivity contribution >= 4 is 41.0 Å². The molecular weight excluding hydrogens is 248 g/mol. The molecule has 5 nitrogen and oxygen atoms in total. The number of hydrogen-bond acceptors (Lipinski definition) is 5. The Kier molecular flexibility index (Phi) is 3.15. The molecule has 0 saturated carbocycles. The van der Waals surface area contributed by atoms with Crippen molar-refractivity contribution in [3.8, 4) is 0 Å². The van der Waals surface area contributed by atoms with Gasteiger partial charge < -0.3 is 5.11 Å². The minimum absolute atomic E-state index is 0.00895. The zero-order chi connectivity index (χ0) is 11.7. The van der Waals surface area contributed by atoms with Crippen molar-refractivity contribution < 1.29 is 14.7 Å². The van der Waals surface area contributed by atoms with Gasteiger partial charge in [0.25, 0.3) is 0 Å². The predicted molar refractivity (Wildman–Crippen MR) is 63.4 cm³/mol. The van der Waals surface area contributed by atoms with Gasteiger partial charge >= 0.3 is 5.97 Å². The largest absolute Gasteiger partial charge is 0.477 e. The van der Waals surface area contributed by atoms with E-state index >= 15 is 0 Å². The van der Waals surface area contributed by atoms with Crippen LogP contribution in [-0.2, 0) is 4.79 Å². The lowest BCUT2D eigenvalue weighted by atomic mass is 10.1. The molecular formula is C9H10N2O3S2. The molecule has 0 radical (unpaired) electrons. The second-order valence-electron chi connectivity index (χ2n) is 3.57.